The Hall–Kier alpha value is -7.04. The zero-order chi connectivity index (χ0) is 40.3. The van der Waals surface area contributed by atoms with Crippen molar-refractivity contribution in [3.8, 4) is 34.2 Å². The topological polar surface area (TPSA) is 35.6 Å². The zero-order valence-electron chi connectivity index (χ0n) is 34.4. The number of benzene rings is 8. The highest BCUT2D eigenvalue weighted by atomic mass is 15.2. The van der Waals surface area contributed by atoms with Gasteiger partial charge in [-0.2, -0.15) is 0 Å². The maximum Gasteiger partial charge on any atom is 0.235 e. The number of aromatic nitrogens is 4. The van der Waals surface area contributed by atoms with Gasteiger partial charge in [0.2, 0.25) is 5.95 Å². The lowest BCUT2D eigenvalue weighted by atomic mass is 9.63. The zero-order valence-corrected chi connectivity index (χ0v) is 34.4. The minimum atomic E-state index is 0.0498. The molecule has 0 fully saturated rings. The van der Waals surface area contributed by atoms with Crippen LogP contribution < -0.4 is 0 Å². The summed E-state index contributed by atoms with van der Waals surface area (Å²) in [5.74, 6) is 0.647. The van der Waals surface area contributed by atoms with Crippen molar-refractivity contribution in [1.29, 1.82) is 0 Å². The van der Waals surface area contributed by atoms with E-state index in [1.54, 1.807) is 0 Å². The highest BCUT2D eigenvalue weighted by molar-refractivity contribution is 6.36. The third-order valence-corrected chi connectivity index (χ3v) is 13.5. The lowest BCUT2D eigenvalue weighted by Gasteiger charge is -2.42. The molecule has 12 rings (SSSR count). The van der Waals surface area contributed by atoms with Crippen molar-refractivity contribution in [3.05, 3.63) is 181 Å². The van der Waals surface area contributed by atoms with Crippen molar-refractivity contribution in [1.82, 2.24) is 19.1 Å². The minimum Gasteiger partial charge on any atom is -0.307 e. The van der Waals surface area contributed by atoms with E-state index in [9.17, 15) is 0 Å². The Morgan fingerprint density at radius 1 is 0.417 bits per heavy atom. The van der Waals surface area contributed by atoms with E-state index in [-0.39, 0.29) is 10.8 Å². The summed E-state index contributed by atoms with van der Waals surface area (Å²) in [6.07, 6.45) is 2.31. The standard InChI is InChI=1S/C56H44N4/c1-55(2)29-30-56(3,4)45-33-49-43(32-44(45)55)51-41-24-14-13-23-40(41)50-42-25-15-16-26-48(42)60(53(50)52(51)59(49)39-21-9-6-10-22-39)54-57-46(36-18-7-5-8-19-36)34-47(58-54)38-28-27-35-17-11-12-20-37(35)31-38/h5-28,31-34H,29-30H2,1-4H3. The fraction of sp³-hybridized carbons (Fsp3) is 0.143. The second-order valence-corrected chi connectivity index (χ2v) is 18.1. The molecule has 0 amide bonds. The van der Waals surface area contributed by atoms with Crippen LogP contribution in [0.2, 0.25) is 0 Å². The first-order valence-corrected chi connectivity index (χ1v) is 21.2. The molecule has 0 aliphatic heterocycles. The molecule has 11 aromatic rings. The molecule has 288 valence electrons. The third kappa shape index (κ3) is 5.10. The molecule has 0 saturated heterocycles. The van der Waals surface area contributed by atoms with Crippen molar-refractivity contribution in [2.75, 3.05) is 0 Å². The SMILES string of the molecule is CC1(C)CCC(C)(C)c2cc3c(cc21)c1c2ccccc2c2c4ccccc4n(-c4nc(-c5ccccc5)cc(-c5ccc6ccccc6c5)n4)c2c1n3-c1ccccc1. The molecule has 3 aromatic heterocycles. The Morgan fingerprint density at radius 2 is 0.967 bits per heavy atom. The van der Waals surface area contributed by atoms with Gasteiger partial charge in [0.05, 0.1) is 33.5 Å². The molecular weight excluding hydrogens is 729 g/mol. The number of hydrogen-bond donors (Lipinski definition) is 0. The third-order valence-electron chi connectivity index (χ3n) is 13.5. The largest absolute Gasteiger partial charge is 0.307 e. The number of para-hydroxylation sites is 2. The van der Waals surface area contributed by atoms with Crippen LogP contribution in [0, 0.1) is 0 Å². The molecule has 0 bridgehead atoms. The predicted octanol–water partition coefficient (Wildman–Crippen LogP) is 14.7. The summed E-state index contributed by atoms with van der Waals surface area (Å²) in [7, 11) is 0. The molecular formula is C56H44N4. The first-order chi connectivity index (χ1) is 29.2. The lowest BCUT2D eigenvalue weighted by molar-refractivity contribution is 0.332. The Kier molecular flexibility index (Phi) is 7.41. The van der Waals surface area contributed by atoms with Crippen LogP contribution in [-0.4, -0.2) is 19.1 Å². The van der Waals surface area contributed by atoms with E-state index in [1.165, 1.54) is 65.3 Å². The summed E-state index contributed by atoms with van der Waals surface area (Å²) in [6.45, 7) is 9.72. The average Bonchev–Trinajstić information content (AvgIpc) is 3.82. The molecule has 0 saturated carbocycles. The van der Waals surface area contributed by atoms with Gasteiger partial charge in [0.1, 0.15) is 0 Å². The Morgan fingerprint density at radius 3 is 1.68 bits per heavy atom. The summed E-state index contributed by atoms with van der Waals surface area (Å²) in [5, 5.41) is 9.80. The van der Waals surface area contributed by atoms with Crippen molar-refractivity contribution in [2.24, 2.45) is 0 Å². The maximum absolute atomic E-state index is 5.57. The average molecular weight is 773 g/mol. The van der Waals surface area contributed by atoms with Gasteiger partial charge in [-0.1, -0.05) is 155 Å². The van der Waals surface area contributed by atoms with Crippen LogP contribution in [0.1, 0.15) is 51.7 Å². The molecule has 4 heteroatoms. The molecule has 0 atom stereocenters. The van der Waals surface area contributed by atoms with Gasteiger partial charge in [0, 0.05) is 38.4 Å². The first kappa shape index (κ1) is 35.0. The normalized spacial score (nSPS) is 14.8. The highest BCUT2D eigenvalue weighted by Crippen LogP contribution is 2.51. The van der Waals surface area contributed by atoms with Crippen LogP contribution in [0.15, 0.2) is 170 Å². The second-order valence-electron chi connectivity index (χ2n) is 18.1. The summed E-state index contributed by atoms with van der Waals surface area (Å²) >= 11 is 0. The van der Waals surface area contributed by atoms with Gasteiger partial charge >= 0.3 is 0 Å². The molecule has 0 spiro atoms. The summed E-state index contributed by atoms with van der Waals surface area (Å²) in [6, 6.07) is 61.8. The number of fused-ring (bicyclic) bond motifs is 12. The first-order valence-electron chi connectivity index (χ1n) is 21.2. The monoisotopic (exact) mass is 772 g/mol. The summed E-state index contributed by atoms with van der Waals surface area (Å²) in [5.41, 5.74) is 12.6. The van der Waals surface area contributed by atoms with Gasteiger partial charge in [0.15, 0.2) is 0 Å². The smallest absolute Gasteiger partial charge is 0.235 e. The van der Waals surface area contributed by atoms with Crippen LogP contribution >= 0.6 is 0 Å². The second kappa shape index (κ2) is 12.7. The van der Waals surface area contributed by atoms with Crippen LogP contribution in [0.25, 0.3) is 99.3 Å². The number of rotatable bonds is 4. The molecule has 60 heavy (non-hydrogen) atoms. The Balaban J connectivity index is 1.30. The van der Waals surface area contributed by atoms with Gasteiger partial charge < -0.3 is 4.57 Å². The van der Waals surface area contributed by atoms with Crippen molar-refractivity contribution in [3.63, 3.8) is 0 Å². The summed E-state index contributed by atoms with van der Waals surface area (Å²) in [4.78, 5) is 11.1. The van der Waals surface area contributed by atoms with Crippen LogP contribution in [-0.2, 0) is 10.8 Å². The number of nitrogens with zero attached hydrogens (tertiary/aromatic N) is 4. The van der Waals surface area contributed by atoms with E-state index in [1.807, 2.05) is 0 Å². The van der Waals surface area contributed by atoms with Crippen molar-refractivity contribution >= 4 is 65.2 Å². The fourth-order valence-electron chi connectivity index (χ4n) is 10.3. The van der Waals surface area contributed by atoms with Gasteiger partial charge in [-0.15, -0.1) is 0 Å². The lowest BCUT2D eigenvalue weighted by Crippen LogP contribution is -2.33. The van der Waals surface area contributed by atoms with E-state index < -0.39 is 0 Å². The van der Waals surface area contributed by atoms with Crippen molar-refractivity contribution < 1.29 is 0 Å². The molecule has 0 radical (unpaired) electrons. The van der Waals surface area contributed by atoms with Crippen LogP contribution in [0.3, 0.4) is 0 Å². The van der Waals surface area contributed by atoms with E-state index in [0.717, 1.165) is 52.1 Å². The molecule has 1 aliphatic carbocycles. The highest BCUT2D eigenvalue weighted by Gasteiger charge is 2.38. The molecule has 0 unspecified atom stereocenters. The van der Waals surface area contributed by atoms with Gasteiger partial charge in [0.25, 0.3) is 0 Å². The van der Waals surface area contributed by atoms with E-state index in [2.05, 4.69) is 207 Å². The molecule has 0 N–H and O–H groups in total. The van der Waals surface area contributed by atoms with Crippen molar-refractivity contribution in [2.45, 2.75) is 51.4 Å². The minimum absolute atomic E-state index is 0.0498. The van der Waals surface area contributed by atoms with Gasteiger partial charge in [-0.05, 0) is 98.8 Å². The van der Waals surface area contributed by atoms with Crippen LogP contribution in [0.4, 0.5) is 0 Å². The molecule has 1 aliphatic rings. The maximum atomic E-state index is 5.57. The molecule has 8 aromatic carbocycles. The quantitative estimate of drug-likeness (QED) is 0.179. The van der Waals surface area contributed by atoms with Gasteiger partial charge in [-0.3, -0.25) is 4.57 Å². The Labute approximate surface area is 349 Å². The number of hydrogen-bond acceptors (Lipinski definition) is 2. The molecule has 4 nitrogen and oxygen atoms in total. The van der Waals surface area contributed by atoms with E-state index in [4.69, 9.17) is 9.97 Å². The van der Waals surface area contributed by atoms with E-state index >= 15 is 0 Å². The van der Waals surface area contributed by atoms with E-state index in [0.29, 0.717) is 5.95 Å². The predicted molar refractivity (Wildman–Crippen MR) is 252 cm³/mol. The van der Waals surface area contributed by atoms with Crippen LogP contribution in [0.5, 0.6) is 0 Å². The fourth-order valence-corrected chi connectivity index (χ4v) is 10.3. The molecule has 3 heterocycles. The Bertz CT molecular complexity index is 3530. The van der Waals surface area contributed by atoms with Gasteiger partial charge in [-0.25, -0.2) is 9.97 Å². The summed E-state index contributed by atoms with van der Waals surface area (Å²) < 4.78 is 4.90.